The molecule has 1 saturated heterocycles. The summed E-state index contributed by atoms with van der Waals surface area (Å²) in [5.74, 6) is 0.452. The summed E-state index contributed by atoms with van der Waals surface area (Å²) in [6, 6.07) is 4.05. The van der Waals surface area contributed by atoms with Crippen molar-refractivity contribution in [2.24, 2.45) is 5.92 Å². The second kappa shape index (κ2) is 7.29. The highest BCUT2D eigenvalue weighted by atomic mass is 19.1. The lowest BCUT2D eigenvalue weighted by atomic mass is 9.97. The van der Waals surface area contributed by atoms with Crippen molar-refractivity contribution in [3.05, 3.63) is 40.2 Å². The molecule has 1 aromatic carbocycles. The zero-order valence-corrected chi connectivity index (χ0v) is 16.3. The maximum absolute atomic E-state index is 13.4. The van der Waals surface area contributed by atoms with Crippen molar-refractivity contribution in [3.63, 3.8) is 0 Å². The van der Waals surface area contributed by atoms with E-state index >= 15 is 0 Å². The third-order valence-corrected chi connectivity index (χ3v) is 4.82. The Morgan fingerprint density at radius 3 is 2.59 bits per heavy atom. The van der Waals surface area contributed by atoms with Gasteiger partial charge in [-0.05, 0) is 58.6 Å². The van der Waals surface area contributed by atoms with Crippen LogP contribution in [0.3, 0.4) is 0 Å². The largest absolute Gasteiger partial charge is 0.444 e. The minimum atomic E-state index is -0.505. The fourth-order valence-electron chi connectivity index (χ4n) is 3.40. The summed E-state index contributed by atoms with van der Waals surface area (Å²) in [6.45, 7) is 9.09. The normalized spacial score (nSPS) is 16.0. The van der Waals surface area contributed by atoms with Crippen molar-refractivity contribution in [2.75, 3.05) is 13.1 Å². The zero-order valence-electron chi connectivity index (χ0n) is 16.3. The van der Waals surface area contributed by atoms with E-state index in [0.717, 1.165) is 12.8 Å². The summed E-state index contributed by atoms with van der Waals surface area (Å²) < 4.78 is 20.5. The highest BCUT2D eigenvalue weighted by molar-refractivity contribution is 5.77. The van der Waals surface area contributed by atoms with Crippen molar-refractivity contribution >= 4 is 17.0 Å². The van der Waals surface area contributed by atoms with Crippen molar-refractivity contribution in [2.45, 2.75) is 52.7 Å². The van der Waals surface area contributed by atoms with Gasteiger partial charge in [0.2, 0.25) is 0 Å². The number of fused-ring (bicyclic) bond motifs is 1. The summed E-state index contributed by atoms with van der Waals surface area (Å²) >= 11 is 0. The van der Waals surface area contributed by atoms with Gasteiger partial charge in [0.25, 0.3) is 5.56 Å². The van der Waals surface area contributed by atoms with Gasteiger partial charge >= 0.3 is 6.09 Å². The zero-order chi connectivity index (χ0) is 19.8. The Bertz CT molecular complexity index is 909. The van der Waals surface area contributed by atoms with E-state index in [4.69, 9.17) is 4.74 Å². The molecule has 1 aliphatic heterocycles. The fraction of sp³-hybridized carbons (Fsp3) is 0.550. The predicted octanol–water partition coefficient (Wildman–Crippen LogP) is 3.49. The lowest BCUT2D eigenvalue weighted by Crippen LogP contribution is -2.42. The monoisotopic (exact) mass is 375 g/mol. The minimum Gasteiger partial charge on any atom is -0.444 e. The summed E-state index contributed by atoms with van der Waals surface area (Å²) in [6.07, 6.45) is 1.31. The van der Waals surface area contributed by atoms with Crippen LogP contribution in [0, 0.1) is 18.7 Å². The number of benzene rings is 1. The number of likely N-dealkylation sites (tertiary alicyclic amines) is 1. The number of hydrogen-bond donors (Lipinski definition) is 0. The smallest absolute Gasteiger partial charge is 0.410 e. The van der Waals surface area contributed by atoms with Gasteiger partial charge in [-0.25, -0.2) is 14.2 Å². The van der Waals surface area contributed by atoms with Gasteiger partial charge in [-0.1, -0.05) is 0 Å². The van der Waals surface area contributed by atoms with Crippen molar-refractivity contribution in [1.82, 2.24) is 14.5 Å². The number of amides is 1. The van der Waals surface area contributed by atoms with E-state index in [0.29, 0.717) is 36.4 Å². The molecule has 146 valence electrons. The third-order valence-electron chi connectivity index (χ3n) is 4.82. The second-order valence-electron chi connectivity index (χ2n) is 8.15. The molecule has 27 heavy (non-hydrogen) atoms. The molecule has 1 aromatic heterocycles. The van der Waals surface area contributed by atoms with Crippen LogP contribution in [-0.4, -0.2) is 39.2 Å². The summed E-state index contributed by atoms with van der Waals surface area (Å²) in [5, 5.41) is 0.424. The molecule has 0 atom stereocenters. The van der Waals surface area contributed by atoms with Crippen LogP contribution in [0.25, 0.3) is 10.9 Å². The Balaban J connectivity index is 1.70. The molecule has 2 heterocycles. The van der Waals surface area contributed by atoms with E-state index in [2.05, 4.69) is 4.98 Å². The quantitative estimate of drug-likeness (QED) is 0.806. The molecule has 6 nitrogen and oxygen atoms in total. The molecule has 1 amide bonds. The SMILES string of the molecule is Cc1nc2cc(F)ccc2c(=O)n1CC1CCN(C(=O)OC(C)(C)C)CC1. The second-order valence-corrected chi connectivity index (χ2v) is 8.15. The first-order valence-electron chi connectivity index (χ1n) is 9.28. The fourth-order valence-corrected chi connectivity index (χ4v) is 3.40. The number of aromatic nitrogens is 2. The van der Waals surface area contributed by atoms with Gasteiger partial charge in [0.05, 0.1) is 10.9 Å². The van der Waals surface area contributed by atoms with Gasteiger partial charge in [0.1, 0.15) is 17.2 Å². The van der Waals surface area contributed by atoms with Crippen LogP contribution in [0.5, 0.6) is 0 Å². The van der Waals surface area contributed by atoms with E-state index in [1.165, 1.54) is 18.2 Å². The molecule has 0 bridgehead atoms. The van der Waals surface area contributed by atoms with Crippen LogP contribution in [0.15, 0.2) is 23.0 Å². The average molecular weight is 375 g/mol. The average Bonchev–Trinajstić information content (AvgIpc) is 2.57. The highest BCUT2D eigenvalue weighted by Gasteiger charge is 2.27. The molecule has 7 heteroatoms. The Kier molecular flexibility index (Phi) is 5.22. The van der Waals surface area contributed by atoms with E-state index in [1.807, 2.05) is 20.8 Å². The number of halogens is 1. The Morgan fingerprint density at radius 2 is 1.96 bits per heavy atom. The molecule has 0 spiro atoms. The molecule has 0 N–H and O–H groups in total. The number of aryl methyl sites for hydroxylation is 1. The number of hydrogen-bond acceptors (Lipinski definition) is 4. The standard InChI is InChI=1S/C20H26FN3O3/c1-13-22-17-11-15(21)5-6-16(17)18(25)24(13)12-14-7-9-23(10-8-14)19(26)27-20(2,3)4/h5-6,11,14H,7-10,12H2,1-4H3. The van der Waals surface area contributed by atoms with Crippen LogP contribution >= 0.6 is 0 Å². The third kappa shape index (κ3) is 4.46. The molecular formula is C20H26FN3O3. The van der Waals surface area contributed by atoms with Gasteiger partial charge < -0.3 is 9.64 Å². The lowest BCUT2D eigenvalue weighted by Gasteiger charge is -2.33. The molecule has 2 aromatic rings. The van der Waals surface area contributed by atoms with E-state index in [9.17, 15) is 14.0 Å². The van der Waals surface area contributed by atoms with Gasteiger partial charge in [-0.15, -0.1) is 0 Å². The summed E-state index contributed by atoms with van der Waals surface area (Å²) in [5.41, 5.74) is -0.269. The molecule has 0 saturated carbocycles. The van der Waals surface area contributed by atoms with E-state index in [-0.39, 0.29) is 17.6 Å². The molecule has 1 fully saturated rings. The Morgan fingerprint density at radius 1 is 1.30 bits per heavy atom. The molecule has 3 rings (SSSR count). The number of nitrogens with zero attached hydrogens (tertiary/aromatic N) is 3. The topological polar surface area (TPSA) is 64.4 Å². The number of carbonyl (C=O) groups excluding carboxylic acids is 1. The number of carbonyl (C=O) groups is 1. The summed E-state index contributed by atoms with van der Waals surface area (Å²) in [7, 11) is 0. The maximum Gasteiger partial charge on any atom is 0.410 e. The predicted molar refractivity (Wildman–Crippen MR) is 101 cm³/mol. The molecule has 0 radical (unpaired) electrons. The van der Waals surface area contributed by atoms with Crippen LogP contribution in [0.4, 0.5) is 9.18 Å². The van der Waals surface area contributed by atoms with E-state index in [1.54, 1.807) is 16.4 Å². The van der Waals surface area contributed by atoms with Gasteiger partial charge in [-0.3, -0.25) is 9.36 Å². The van der Waals surface area contributed by atoms with Gasteiger partial charge in [0, 0.05) is 25.7 Å². The van der Waals surface area contributed by atoms with Crippen LogP contribution < -0.4 is 5.56 Å². The molecular weight excluding hydrogens is 349 g/mol. The van der Waals surface area contributed by atoms with Crippen molar-refractivity contribution < 1.29 is 13.9 Å². The molecule has 1 aliphatic rings. The Hall–Kier alpha value is -2.44. The van der Waals surface area contributed by atoms with Crippen LogP contribution in [0.2, 0.25) is 0 Å². The van der Waals surface area contributed by atoms with Crippen LogP contribution in [-0.2, 0) is 11.3 Å². The van der Waals surface area contributed by atoms with Crippen molar-refractivity contribution in [1.29, 1.82) is 0 Å². The minimum absolute atomic E-state index is 0.146. The number of ether oxygens (including phenoxy) is 1. The van der Waals surface area contributed by atoms with E-state index < -0.39 is 11.4 Å². The first-order valence-corrected chi connectivity index (χ1v) is 9.28. The van der Waals surface area contributed by atoms with Crippen molar-refractivity contribution in [3.8, 4) is 0 Å². The van der Waals surface area contributed by atoms with Gasteiger partial charge in [-0.2, -0.15) is 0 Å². The highest BCUT2D eigenvalue weighted by Crippen LogP contribution is 2.21. The molecule has 0 aliphatic carbocycles. The number of piperidine rings is 1. The Labute approximate surface area is 157 Å². The lowest BCUT2D eigenvalue weighted by molar-refractivity contribution is 0.0177. The molecule has 0 unspecified atom stereocenters. The number of rotatable bonds is 2. The summed E-state index contributed by atoms with van der Waals surface area (Å²) in [4.78, 5) is 31.1. The first-order chi connectivity index (χ1) is 12.6. The van der Waals surface area contributed by atoms with Gasteiger partial charge in [0.15, 0.2) is 0 Å². The maximum atomic E-state index is 13.4. The first kappa shape index (κ1) is 19.3. The van der Waals surface area contributed by atoms with Crippen LogP contribution in [0.1, 0.15) is 39.4 Å².